The Morgan fingerprint density at radius 1 is 1.30 bits per heavy atom. The number of hydrogen-bond donors (Lipinski definition) is 0. The normalized spacial score (nSPS) is 22.2. The van der Waals surface area contributed by atoms with Gasteiger partial charge in [0, 0.05) is 18.9 Å². The number of nitrogens with zero attached hydrogens (tertiary/aromatic N) is 1. The van der Waals surface area contributed by atoms with Gasteiger partial charge in [-0.15, -0.1) is 0 Å². The molecule has 1 rings (SSSR count). The molecule has 2 atom stereocenters. The Morgan fingerprint density at radius 3 is 2.20 bits per heavy atom. The smallest absolute Gasteiger partial charge is 0.321 e. The summed E-state index contributed by atoms with van der Waals surface area (Å²) in [7, 11) is 1.66. The summed E-state index contributed by atoms with van der Waals surface area (Å²) in [5, 5.41) is 0.531. The van der Waals surface area contributed by atoms with E-state index in [1.807, 2.05) is 0 Å². The first-order chi connectivity index (χ1) is 9.47. The largest absolute Gasteiger partial charge is 0.465 e. The van der Waals surface area contributed by atoms with Gasteiger partial charge >= 0.3 is 11.9 Å². The quantitative estimate of drug-likeness (QED) is 0.403. The number of hydrogen-bond acceptors (Lipinski definition) is 5. The minimum atomic E-state index is -1.19. The van der Waals surface area contributed by atoms with Crippen molar-refractivity contribution in [2.75, 3.05) is 32.1 Å². The van der Waals surface area contributed by atoms with Crippen LogP contribution in [-0.4, -0.2) is 54.9 Å². The minimum Gasteiger partial charge on any atom is -0.465 e. The van der Waals surface area contributed by atoms with E-state index in [9.17, 15) is 14.4 Å². The fraction of sp³-hybridized carbons (Fsp3) is 0.769. The summed E-state index contributed by atoms with van der Waals surface area (Å²) in [4.78, 5) is 37.9. The van der Waals surface area contributed by atoms with Crippen LogP contribution < -0.4 is 0 Å². The van der Waals surface area contributed by atoms with E-state index in [0.29, 0.717) is 11.9 Å². The van der Waals surface area contributed by atoms with Gasteiger partial charge in [-0.3, -0.25) is 14.4 Å². The van der Waals surface area contributed by atoms with Crippen molar-refractivity contribution in [3.63, 3.8) is 0 Å². The van der Waals surface area contributed by atoms with Gasteiger partial charge in [-0.2, -0.15) is 0 Å². The average Bonchev–Trinajstić information content (AvgIpc) is 2.68. The van der Waals surface area contributed by atoms with Crippen molar-refractivity contribution < 1.29 is 23.9 Å². The zero-order valence-electron chi connectivity index (χ0n) is 11.9. The molecule has 0 aromatic rings. The lowest BCUT2D eigenvalue weighted by Gasteiger charge is -2.22. The molecule has 1 aliphatic rings. The van der Waals surface area contributed by atoms with E-state index < -0.39 is 23.8 Å². The Morgan fingerprint density at radius 2 is 1.80 bits per heavy atom. The van der Waals surface area contributed by atoms with Gasteiger partial charge in [0.25, 0.3) is 0 Å². The van der Waals surface area contributed by atoms with E-state index in [4.69, 9.17) is 9.47 Å². The van der Waals surface area contributed by atoms with Crippen LogP contribution in [-0.2, 0) is 23.9 Å². The molecular formula is C13H20BrNO5. The van der Waals surface area contributed by atoms with Crippen LogP contribution in [0.1, 0.15) is 13.8 Å². The second-order valence-electron chi connectivity index (χ2n) is 4.64. The zero-order valence-corrected chi connectivity index (χ0v) is 13.5. The number of carbonyl (C=O) groups is 3. The van der Waals surface area contributed by atoms with Gasteiger partial charge in [-0.25, -0.2) is 0 Å². The summed E-state index contributed by atoms with van der Waals surface area (Å²) >= 11 is 3.33. The molecule has 1 aliphatic heterocycles. The first kappa shape index (κ1) is 16.9. The maximum atomic E-state index is 12.2. The Labute approximate surface area is 126 Å². The van der Waals surface area contributed by atoms with Crippen LogP contribution in [0.2, 0.25) is 0 Å². The monoisotopic (exact) mass is 349 g/mol. The van der Waals surface area contributed by atoms with Crippen molar-refractivity contribution in [2.45, 2.75) is 13.8 Å². The summed E-state index contributed by atoms with van der Waals surface area (Å²) in [6, 6.07) is 0. The maximum Gasteiger partial charge on any atom is 0.321 e. The molecule has 1 heterocycles. The molecular weight excluding hydrogens is 330 g/mol. The van der Waals surface area contributed by atoms with Gasteiger partial charge in [-0.1, -0.05) is 15.9 Å². The highest BCUT2D eigenvalue weighted by Crippen LogP contribution is 2.33. The number of alkyl halides is 1. The van der Waals surface area contributed by atoms with Gasteiger partial charge in [0.05, 0.1) is 19.1 Å². The molecule has 114 valence electrons. The Bertz CT molecular complexity index is 369. The van der Waals surface area contributed by atoms with Crippen molar-refractivity contribution in [2.24, 2.45) is 17.8 Å². The van der Waals surface area contributed by atoms with Crippen LogP contribution in [0.15, 0.2) is 0 Å². The van der Waals surface area contributed by atoms with E-state index in [2.05, 4.69) is 15.9 Å². The molecule has 20 heavy (non-hydrogen) atoms. The van der Waals surface area contributed by atoms with E-state index in [1.54, 1.807) is 20.9 Å². The van der Waals surface area contributed by atoms with Gasteiger partial charge in [0.1, 0.15) is 0 Å². The molecule has 0 aromatic heterocycles. The predicted octanol–water partition coefficient (Wildman–Crippen LogP) is 0.828. The number of rotatable bonds is 6. The third-order valence-electron chi connectivity index (χ3n) is 3.32. The fourth-order valence-corrected chi connectivity index (χ4v) is 3.03. The Kier molecular flexibility index (Phi) is 6.45. The van der Waals surface area contributed by atoms with E-state index in [-0.39, 0.29) is 25.0 Å². The molecule has 1 amide bonds. The van der Waals surface area contributed by atoms with Gasteiger partial charge in [0.2, 0.25) is 5.91 Å². The average molecular weight is 350 g/mol. The van der Waals surface area contributed by atoms with Crippen LogP contribution in [0.3, 0.4) is 0 Å². The zero-order chi connectivity index (χ0) is 15.3. The third kappa shape index (κ3) is 3.50. The maximum absolute atomic E-state index is 12.2. The molecule has 0 radical (unpaired) electrons. The second kappa shape index (κ2) is 7.61. The SMILES string of the molecule is CCOC(=O)C(C(=O)OCC)[C@@H]1C(=O)N(C)C[C@H]1CBr. The number of ether oxygens (including phenoxy) is 2. The molecule has 0 spiro atoms. The van der Waals surface area contributed by atoms with Crippen molar-refractivity contribution in [1.29, 1.82) is 0 Å². The fourth-order valence-electron chi connectivity index (χ4n) is 2.42. The third-order valence-corrected chi connectivity index (χ3v) is 4.15. The summed E-state index contributed by atoms with van der Waals surface area (Å²) in [5.74, 6) is -3.63. The standard InChI is InChI=1S/C13H20BrNO5/c1-4-19-12(17)10(13(18)20-5-2)9-8(6-14)7-15(3)11(9)16/h8-10H,4-7H2,1-3H3/t8-,9-/m1/s1. The summed E-state index contributed by atoms with van der Waals surface area (Å²) in [6.45, 7) is 4.13. The van der Waals surface area contributed by atoms with E-state index in [0.717, 1.165) is 0 Å². The highest BCUT2D eigenvalue weighted by Gasteiger charge is 2.50. The minimum absolute atomic E-state index is 0.119. The molecule has 6 nitrogen and oxygen atoms in total. The lowest BCUT2D eigenvalue weighted by atomic mass is 9.84. The van der Waals surface area contributed by atoms with Crippen LogP contribution in [0.5, 0.6) is 0 Å². The lowest BCUT2D eigenvalue weighted by Crippen LogP contribution is -2.40. The van der Waals surface area contributed by atoms with Crippen molar-refractivity contribution in [1.82, 2.24) is 4.90 Å². The molecule has 0 saturated carbocycles. The van der Waals surface area contributed by atoms with Crippen molar-refractivity contribution in [3.05, 3.63) is 0 Å². The van der Waals surface area contributed by atoms with Crippen LogP contribution in [0.25, 0.3) is 0 Å². The highest BCUT2D eigenvalue weighted by molar-refractivity contribution is 9.09. The number of halogens is 1. The predicted molar refractivity (Wildman–Crippen MR) is 75.2 cm³/mol. The van der Waals surface area contributed by atoms with E-state index >= 15 is 0 Å². The first-order valence-corrected chi connectivity index (χ1v) is 7.74. The number of esters is 2. The molecule has 1 saturated heterocycles. The lowest BCUT2D eigenvalue weighted by molar-refractivity contribution is -0.167. The number of likely N-dealkylation sites (tertiary alicyclic amines) is 1. The van der Waals surface area contributed by atoms with Crippen molar-refractivity contribution >= 4 is 33.8 Å². The number of carbonyl (C=O) groups excluding carboxylic acids is 3. The number of amides is 1. The van der Waals surface area contributed by atoms with E-state index in [1.165, 1.54) is 4.90 Å². The second-order valence-corrected chi connectivity index (χ2v) is 5.29. The molecule has 0 aromatic carbocycles. The summed E-state index contributed by atoms with van der Waals surface area (Å²) in [5.41, 5.74) is 0. The van der Waals surface area contributed by atoms with Crippen LogP contribution in [0, 0.1) is 17.8 Å². The summed E-state index contributed by atoms with van der Waals surface area (Å²) < 4.78 is 9.87. The van der Waals surface area contributed by atoms with Gasteiger partial charge in [-0.05, 0) is 19.8 Å². The molecule has 0 aliphatic carbocycles. The molecule has 7 heteroatoms. The van der Waals surface area contributed by atoms with Gasteiger partial charge < -0.3 is 14.4 Å². The van der Waals surface area contributed by atoms with Crippen LogP contribution in [0.4, 0.5) is 0 Å². The van der Waals surface area contributed by atoms with Crippen molar-refractivity contribution in [3.8, 4) is 0 Å². The van der Waals surface area contributed by atoms with Crippen LogP contribution >= 0.6 is 15.9 Å². The Hall–Kier alpha value is -1.11. The van der Waals surface area contributed by atoms with Gasteiger partial charge in [0.15, 0.2) is 5.92 Å². The molecule has 1 fully saturated rings. The molecule has 0 N–H and O–H groups in total. The molecule has 0 bridgehead atoms. The topological polar surface area (TPSA) is 72.9 Å². The summed E-state index contributed by atoms with van der Waals surface area (Å²) in [6.07, 6.45) is 0. The molecule has 0 unspecified atom stereocenters. The Balaban J connectivity index is 3.04. The highest BCUT2D eigenvalue weighted by atomic mass is 79.9. The first-order valence-electron chi connectivity index (χ1n) is 6.62.